The van der Waals surface area contributed by atoms with Crippen LogP contribution in [0.5, 0.6) is 0 Å². The van der Waals surface area contributed by atoms with Crippen molar-refractivity contribution in [1.29, 1.82) is 0 Å². The van der Waals surface area contributed by atoms with Crippen molar-refractivity contribution in [2.75, 3.05) is 13.1 Å². The van der Waals surface area contributed by atoms with Crippen molar-refractivity contribution in [2.24, 2.45) is 0 Å². The van der Waals surface area contributed by atoms with E-state index in [1.165, 1.54) is 38.6 Å². The zero-order valence-electron chi connectivity index (χ0n) is 9.89. The summed E-state index contributed by atoms with van der Waals surface area (Å²) in [5, 5.41) is 12.5. The minimum Gasteiger partial charge on any atom is -0.451 e. The summed E-state index contributed by atoms with van der Waals surface area (Å²) >= 11 is 0. The molecule has 0 saturated heterocycles. The molecule has 0 aliphatic carbocycles. The van der Waals surface area contributed by atoms with Crippen LogP contribution in [0, 0.1) is 0 Å². The highest BCUT2D eigenvalue weighted by Gasteiger charge is 2.00. The fraction of sp³-hybridized carbons (Fsp3) is 1.00. The smallest absolute Gasteiger partial charge is 0.285 e. The van der Waals surface area contributed by atoms with Gasteiger partial charge < -0.3 is 10.3 Å². The van der Waals surface area contributed by atoms with E-state index in [0.717, 1.165) is 19.3 Å². The van der Waals surface area contributed by atoms with Crippen LogP contribution in [0.15, 0.2) is 0 Å². The van der Waals surface area contributed by atoms with Crippen molar-refractivity contribution in [3.8, 4) is 0 Å². The van der Waals surface area contributed by atoms with E-state index in [4.69, 9.17) is 5.02 Å². The summed E-state index contributed by atoms with van der Waals surface area (Å²) in [6.07, 6.45) is 8.56. The van der Waals surface area contributed by atoms with Crippen molar-refractivity contribution < 1.29 is 5.02 Å². The average Bonchev–Trinajstić information content (AvgIpc) is 2.15. The lowest BCUT2D eigenvalue weighted by Crippen LogP contribution is -2.16. The highest BCUT2D eigenvalue weighted by atomic mass is 16.2. The van der Waals surface area contributed by atoms with Crippen molar-refractivity contribution in [3.05, 3.63) is 0 Å². The number of unbranched alkanes of at least 4 members (excludes halogenated alkanes) is 4. The molecule has 0 aliphatic heterocycles. The van der Waals surface area contributed by atoms with Gasteiger partial charge in [0.1, 0.15) is 0 Å². The summed E-state index contributed by atoms with van der Waals surface area (Å²) in [7, 11) is 0. The molecule has 0 bridgehead atoms. The first-order valence-corrected chi connectivity index (χ1v) is 6.16. The summed E-state index contributed by atoms with van der Waals surface area (Å²) < 4.78 is 0. The molecular weight excluding hydrogens is 173 g/mol. The molecule has 0 unspecified atom stereocenters. The molecule has 0 rings (SSSR count). The van der Waals surface area contributed by atoms with Crippen LogP contribution in [0.25, 0.3) is 0 Å². The van der Waals surface area contributed by atoms with Crippen molar-refractivity contribution >= 4 is 6.92 Å². The number of rotatable bonds is 10. The van der Waals surface area contributed by atoms with Crippen LogP contribution < -0.4 is 5.32 Å². The Morgan fingerprint density at radius 1 is 1.00 bits per heavy atom. The van der Waals surface area contributed by atoms with E-state index in [1.807, 2.05) is 6.82 Å². The molecule has 0 aliphatic rings. The Balaban J connectivity index is 2.85. The SMILES string of the molecule is CCCCCNCCCCCB(C)O. The fourth-order valence-electron chi connectivity index (χ4n) is 1.49. The predicted octanol–water partition coefficient (Wildman–Crippen LogP) is 2.55. The first kappa shape index (κ1) is 14.0. The minimum absolute atomic E-state index is 0.118. The molecule has 0 spiro atoms. The quantitative estimate of drug-likeness (QED) is 0.418. The van der Waals surface area contributed by atoms with Gasteiger partial charge in [0.2, 0.25) is 0 Å². The molecular formula is C11H26BNO. The zero-order chi connectivity index (χ0) is 10.6. The van der Waals surface area contributed by atoms with Gasteiger partial charge in [-0.2, -0.15) is 0 Å². The van der Waals surface area contributed by atoms with Crippen molar-refractivity contribution in [3.63, 3.8) is 0 Å². The molecule has 0 heterocycles. The lowest BCUT2D eigenvalue weighted by Gasteiger charge is -2.04. The largest absolute Gasteiger partial charge is 0.451 e. The van der Waals surface area contributed by atoms with Gasteiger partial charge in [-0.25, -0.2) is 0 Å². The molecule has 0 radical (unpaired) electrons. The van der Waals surface area contributed by atoms with E-state index in [9.17, 15) is 0 Å². The van der Waals surface area contributed by atoms with Gasteiger partial charge >= 0.3 is 0 Å². The van der Waals surface area contributed by atoms with Crippen molar-refractivity contribution in [2.45, 2.75) is 58.6 Å². The van der Waals surface area contributed by atoms with E-state index in [2.05, 4.69) is 12.2 Å². The van der Waals surface area contributed by atoms with Crippen LogP contribution in [0.1, 0.15) is 45.4 Å². The van der Waals surface area contributed by atoms with Crippen LogP contribution in [-0.4, -0.2) is 25.0 Å². The molecule has 3 heteroatoms. The van der Waals surface area contributed by atoms with Gasteiger partial charge in [-0.05, 0) is 32.3 Å². The van der Waals surface area contributed by atoms with Crippen LogP contribution in [0.2, 0.25) is 13.1 Å². The lowest BCUT2D eigenvalue weighted by molar-refractivity contribution is 0.556. The summed E-state index contributed by atoms with van der Waals surface area (Å²) in [5.41, 5.74) is 0. The van der Waals surface area contributed by atoms with Crippen LogP contribution in [0.4, 0.5) is 0 Å². The Hall–Kier alpha value is -0.0151. The van der Waals surface area contributed by atoms with Gasteiger partial charge in [0.05, 0.1) is 0 Å². The summed E-state index contributed by atoms with van der Waals surface area (Å²) in [6.45, 7) is 6.29. The summed E-state index contributed by atoms with van der Waals surface area (Å²) in [4.78, 5) is 0. The third-order valence-electron chi connectivity index (χ3n) is 2.43. The maximum absolute atomic E-state index is 9.04. The Labute approximate surface area is 89.6 Å². The summed E-state index contributed by atoms with van der Waals surface area (Å²) in [5.74, 6) is 0. The van der Waals surface area contributed by atoms with Crippen LogP contribution in [0.3, 0.4) is 0 Å². The minimum atomic E-state index is -0.118. The van der Waals surface area contributed by atoms with Crippen molar-refractivity contribution in [1.82, 2.24) is 5.32 Å². The Bertz CT molecular complexity index is 109. The molecule has 14 heavy (non-hydrogen) atoms. The normalized spacial score (nSPS) is 10.5. The number of hydrogen-bond donors (Lipinski definition) is 2. The molecule has 0 atom stereocenters. The topological polar surface area (TPSA) is 32.3 Å². The van der Waals surface area contributed by atoms with Gasteiger partial charge in [-0.3, -0.25) is 0 Å². The standard InChI is InChI=1S/C11H26BNO/c1-3-4-7-10-13-11-8-5-6-9-12(2)14/h13-14H,3-11H2,1-2H3. The highest BCUT2D eigenvalue weighted by Crippen LogP contribution is 2.01. The maximum Gasteiger partial charge on any atom is 0.285 e. The van der Waals surface area contributed by atoms with E-state index < -0.39 is 0 Å². The Kier molecular flexibility index (Phi) is 11.1. The zero-order valence-corrected chi connectivity index (χ0v) is 9.89. The molecule has 0 aromatic rings. The van der Waals surface area contributed by atoms with Crippen LogP contribution in [-0.2, 0) is 0 Å². The van der Waals surface area contributed by atoms with E-state index >= 15 is 0 Å². The predicted molar refractivity (Wildman–Crippen MR) is 64.9 cm³/mol. The first-order chi connectivity index (χ1) is 6.77. The second kappa shape index (κ2) is 11.1. The molecule has 84 valence electrons. The third kappa shape index (κ3) is 12.0. The lowest BCUT2D eigenvalue weighted by atomic mass is 9.67. The van der Waals surface area contributed by atoms with Gasteiger partial charge in [-0.15, -0.1) is 0 Å². The Morgan fingerprint density at radius 3 is 2.21 bits per heavy atom. The van der Waals surface area contributed by atoms with E-state index in [0.29, 0.717) is 0 Å². The van der Waals surface area contributed by atoms with Gasteiger partial charge in [-0.1, -0.05) is 39.4 Å². The number of nitrogens with one attached hydrogen (secondary N) is 1. The van der Waals surface area contributed by atoms with Gasteiger partial charge in [0, 0.05) is 0 Å². The fourth-order valence-corrected chi connectivity index (χ4v) is 1.49. The summed E-state index contributed by atoms with van der Waals surface area (Å²) in [6, 6.07) is 0. The number of hydrogen-bond acceptors (Lipinski definition) is 2. The molecule has 0 amide bonds. The van der Waals surface area contributed by atoms with E-state index in [1.54, 1.807) is 0 Å². The average molecular weight is 199 g/mol. The third-order valence-corrected chi connectivity index (χ3v) is 2.43. The molecule has 0 aromatic carbocycles. The monoisotopic (exact) mass is 199 g/mol. The molecule has 0 fully saturated rings. The highest BCUT2D eigenvalue weighted by molar-refractivity contribution is 6.48. The molecule has 0 saturated carbocycles. The van der Waals surface area contributed by atoms with Gasteiger partial charge in [0.25, 0.3) is 6.92 Å². The van der Waals surface area contributed by atoms with Crippen LogP contribution >= 0.6 is 0 Å². The second-order valence-corrected chi connectivity index (χ2v) is 4.16. The first-order valence-electron chi connectivity index (χ1n) is 6.16. The molecule has 0 aromatic heterocycles. The molecule has 2 N–H and O–H groups in total. The van der Waals surface area contributed by atoms with Gasteiger partial charge in [0.15, 0.2) is 0 Å². The molecule has 2 nitrogen and oxygen atoms in total. The van der Waals surface area contributed by atoms with E-state index in [-0.39, 0.29) is 6.92 Å². The second-order valence-electron chi connectivity index (χ2n) is 4.16. The maximum atomic E-state index is 9.04. The Morgan fingerprint density at radius 2 is 1.64 bits per heavy atom.